The SMILES string of the molecule is CCOc1ccc(-n2c(SCC(=O)C34CC5CC(CC(C5)C3)C4)nc3ccccc3c2=O)cc1. The van der Waals surface area contributed by atoms with Crippen molar-refractivity contribution in [3.8, 4) is 11.4 Å². The molecule has 0 saturated heterocycles. The number of carbonyl (C=O) groups excluding carboxylic acids is 1. The van der Waals surface area contributed by atoms with Crippen LogP contribution in [-0.4, -0.2) is 27.7 Å². The molecule has 0 N–H and O–H groups in total. The van der Waals surface area contributed by atoms with Gasteiger partial charge in [-0.25, -0.2) is 4.98 Å². The molecule has 1 aromatic heterocycles. The third-order valence-corrected chi connectivity index (χ3v) is 9.05. The number of carbonyl (C=O) groups is 1. The molecular formula is C28H30N2O3S. The predicted molar refractivity (Wildman–Crippen MR) is 135 cm³/mol. The van der Waals surface area contributed by atoms with Gasteiger partial charge in [0.15, 0.2) is 5.16 Å². The molecule has 7 rings (SSSR count). The number of Topliss-reactive ketones (excluding diaryl/α,β-unsaturated/α-hetero) is 1. The first-order chi connectivity index (χ1) is 16.5. The zero-order chi connectivity index (χ0) is 23.3. The third kappa shape index (κ3) is 3.76. The minimum atomic E-state index is -0.136. The first-order valence-corrected chi connectivity index (χ1v) is 13.4. The van der Waals surface area contributed by atoms with Gasteiger partial charge in [0.05, 0.1) is 29.0 Å². The lowest BCUT2D eigenvalue weighted by molar-refractivity contribution is -0.141. The molecule has 4 aliphatic carbocycles. The highest BCUT2D eigenvalue weighted by Crippen LogP contribution is 2.60. The number of ketones is 1. The fourth-order valence-electron chi connectivity index (χ4n) is 7.03. The van der Waals surface area contributed by atoms with Crippen LogP contribution in [0.5, 0.6) is 5.75 Å². The van der Waals surface area contributed by atoms with Crippen molar-refractivity contribution in [1.29, 1.82) is 0 Å². The zero-order valence-corrected chi connectivity index (χ0v) is 20.4. The second kappa shape index (κ2) is 8.56. The minimum Gasteiger partial charge on any atom is -0.494 e. The van der Waals surface area contributed by atoms with Gasteiger partial charge >= 0.3 is 0 Å². The van der Waals surface area contributed by atoms with E-state index in [1.54, 1.807) is 4.57 Å². The van der Waals surface area contributed by atoms with Crippen molar-refractivity contribution >= 4 is 28.4 Å². The highest BCUT2D eigenvalue weighted by Gasteiger charge is 2.54. The summed E-state index contributed by atoms with van der Waals surface area (Å²) in [7, 11) is 0. The van der Waals surface area contributed by atoms with Crippen LogP contribution in [0.15, 0.2) is 58.5 Å². The molecule has 5 nitrogen and oxygen atoms in total. The van der Waals surface area contributed by atoms with Gasteiger partial charge in [-0.1, -0.05) is 23.9 Å². The lowest BCUT2D eigenvalue weighted by Crippen LogP contribution is -2.50. The van der Waals surface area contributed by atoms with Crippen molar-refractivity contribution in [2.24, 2.45) is 23.2 Å². The van der Waals surface area contributed by atoms with Gasteiger partial charge in [0.1, 0.15) is 11.5 Å². The van der Waals surface area contributed by atoms with Crippen LogP contribution < -0.4 is 10.3 Å². The summed E-state index contributed by atoms with van der Waals surface area (Å²) < 4.78 is 7.22. The molecular weight excluding hydrogens is 444 g/mol. The quantitative estimate of drug-likeness (QED) is 0.327. The third-order valence-electron chi connectivity index (χ3n) is 8.11. The Balaban J connectivity index is 1.33. The first-order valence-electron chi connectivity index (χ1n) is 12.5. The van der Waals surface area contributed by atoms with E-state index in [-0.39, 0.29) is 11.0 Å². The zero-order valence-electron chi connectivity index (χ0n) is 19.5. The van der Waals surface area contributed by atoms with E-state index in [1.807, 2.05) is 55.5 Å². The van der Waals surface area contributed by atoms with Crippen LogP contribution in [0.3, 0.4) is 0 Å². The van der Waals surface area contributed by atoms with Crippen LogP contribution in [0.25, 0.3) is 16.6 Å². The van der Waals surface area contributed by atoms with Gasteiger partial charge in [-0.3, -0.25) is 14.2 Å². The Labute approximate surface area is 203 Å². The molecule has 0 unspecified atom stereocenters. The summed E-state index contributed by atoms with van der Waals surface area (Å²) in [4.78, 5) is 32.0. The molecule has 4 aliphatic rings. The average Bonchev–Trinajstić information content (AvgIpc) is 2.83. The van der Waals surface area contributed by atoms with Crippen LogP contribution >= 0.6 is 11.8 Å². The number of hydrogen-bond acceptors (Lipinski definition) is 5. The molecule has 34 heavy (non-hydrogen) atoms. The number of fused-ring (bicyclic) bond motifs is 1. The summed E-state index contributed by atoms with van der Waals surface area (Å²) in [6.45, 7) is 2.53. The molecule has 176 valence electrons. The lowest BCUT2D eigenvalue weighted by Gasteiger charge is -2.56. The minimum absolute atomic E-state index is 0.112. The van der Waals surface area contributed by atoms with E-state index in [4.69, 9.17) is 9.72 Å². The van der Waals surface area contributed by atoms with Crippen molar-refractivity contribution in [1.82, 2.24) is 9.55 Å². The molecule has 0 atom stereocenters. The smallest absolute Gasteiger partial charge is 0.266 e. The molecule has 2 aromatic carbocycles. The summed E-state index contributed by atoms with van der Waals surface area (Å²) in [5.74, 6) is 3.70. The number of aromatic nitrogens is 2. The van der Waals surface area contributed by atoms with E-state index >= 15 is 0 Å². The van der Waals surface area contributed by atoms with Gasteiger partial charge in [0, 0.05) is 5.41 Å². The summed E-state index contributed by atoms with van der Waals surface area (Å²) >= 11 is 1.41. The van der Waals surface area contributed by atoms with Crippen molar-refractivity contribution in [3.05, 3.63) is 58.9 Å². The van der Waals surface area contributed by atoms with E-state index in [1.165, 1.54) is 31.0 Å². The van der Waals surface area contributed by atoms with Crippen molar-refractivity contribution in [2.75, 3.05) is 12.4 Å². The van der Waals surface area contributed by atoms with E-state index in [0.717, 1.165) is 48.5 Å². The Kier molecular flexibility index (Phi) is 5.51. The average molecular weight is 475 g/mol. The van der Waals surface area contributed by atoms with E-state index in [9.17, 15) is 9.59 Å². The Hall–Kier alpha value is -2.60. The van der Waals surface area contributed by atoms with Crippen LogP contribution in [0.2, 0.25) is 0 Å². The fourth-order valence-corrected chi connectivity index (χ4v) is 8.08. The molecule has 3 aromatic rings. The van der Waals surface area contributed by atoms with Crippen LogP contribution in [0.1, 0.15) is 45.4 Å². The second-order valence-electron chi connectivity index (χ2n) is 10.4. The molecule has 6 heteroatoms. The molecule has 0 aliphatic heterocycles. The molecule has 0 spiro atoms. The Morgan fingerprint density at radius 3 is 2.32 bits per heavy atom. The number of ether oxygens (including phenoxy) is 1. The second-order valence-corrected chi connectivity index (χ2v) is 11.3. The van der Waals surface area contributed by atoms with Gasteiger partial charge in [0.25, 0.3) is 5.56 Å². The molecule has 4 bridgehead atoms. The Morgan fingerprint density at radius 1 is 1.03 bits per heavy atom. The number of para-hydroxylation sites is 1. The van der Waals surface area contributed by atoms with E-state index in [0.29, 0.717) is 34.2 Å². The standard InChI is InChI=1S/C28H30N2O3S/c1-2-33-22-9-7-21(8-10-22)30-26(32)23-5-3-4-6-24(23)29-27(30)34-17-25(31)28-14-18-11-19(15-28)13-20(12-18)16-28/h3-10,18-20H,2,11-17H2,1H3. The van der Waals surface area contributed by atoms with Gasteiger partial charge < -0.3 is 4.74 Å². The monoisotopic (exact) mass is 474 g/mol. The highest BCUT2D eigenvalue weighted by atomic mass is 32.2. The summed E-state index contributed by atoms with van der Waals surface area (Å²) in [6.07, 6.45) is 7.16. The van der Waals surface area contributed by atoms with Gasteiger partial charge in [0.2, 0.25) is 0 Å². The lowest BCUT2D eigenvalue weighted by atomic mass is 9.48. The van der Waals surface area contributed by atoms with Gasteiger partial charge in [-0.15, -0.1) is 0 Å². The normalized spacial score (nSPS) is 27.3. The van der Waals surface area contributed by atoms with Crippen LogP contribution in [0, 0.1) is 23.2 Å². The van der Waals surface area contributed by atoms with Gasteiger partial charge in [-0.2, -0.15) is 0 Å². The highest BCUT2D eigenvalue weighted by molar-refractivity contribution is 7.99. The van der Waals surface area contributed by atoms with Crippen molar-refractivity contribution in [2.45, 2.75) is 50.6 Å². The van der Waals surface area contributed by atoms with E-state index in [2.05, 4.69) is 0 Å². The number of hydrogen-bond donors (Lipinski definition) is 0. The maximum absolute atomic E-state index is 13.6. The number of thioether (sulfide) groups is 1. The molecule has 4 fully saturated rings. The molecule has 0 amide bonds. The summed E-state index contributed by atoms with van der Waals surface area (Å²) in [5.41, 5.74) is 1.15. The Morgan fingerprint density at radius 2 is 1.68 bits per heavy atom. The van der Waals surface area contributed by atoms with Crippen molar-refractivity contribution in [3.63, 3.8) is 0 Å². The molecule has 1 heterocycles. The topological polar surface area (TPSA) is 61.2 Å². The number of nitrogens with zero attached hydrogens (tertiary/aromatic N) is 2. The number of benzene rings is 2. The molecule has 0 radical (unpaired) electrons. The summed E-state index contributed by atoms with van der Waals surface area (Å²) in [6, 6.07) is 14.9. The fraction of sp³-hybridized carbons (Fsp3) is 0.464. The maximum Gasteiger partial charge on any atom is 0.266 e. The van der Waals surface area contributed by atoms with Gasteiger partial charge in [-0.05, 0) is 99.6 Å². The largest absolute Gasteiger partial charge is 0.494 e. The Bertz CT molecular complexity index is 1260. The summed E-state index contributed by atoms with van der Waals surface area (Å²) in [5, 5.41) is 1.15. The van der Waals surface area contributed by atoms with Crippen molar-refractivity contribution < 1.29 is 9.53 Å². The molecule has 4 saturated carbocycles. The first kappa shape index (κ1) is 21.9. The predicted octanol–water partition coefficient (Wildman–Crippen LogP) is 5.66. The maximum atomic E-state index is 13.6. The van der Waals surface area contributed by atoms with Crippen LogP contribution in [0.4, 0.5) is 0 Å². The number of rotatable bonds is 7. The van der Waals surface area contributed by atoms with Crippen LogP contribution in [-0.2, 0) is 4.79 Å². The van der Waals surface area contributed by atoms with E-state index < -0.39 is 0 Å².